The van der Waals surface area contributed by atoms with Crippen LogP contribution in [0.4, 0.5) is 0 Å². The van der Waals surface area contributed by atoms with Gasteiger partial charge < -0.3 is 20.1 Å². The van der Waals surface area contributed by atoms with Crippen molar-refractivity contribution in [3.63, 3.8) is 0 Å². The van der Waals surface area contributed by atoms with Crippen LogP contribution in [0.2, 0.25) is 0 Å². The van der Waals surface area contributed by atoms with E-state index in [-0.39, 0.29) is 0 Å². The van der Waals surface area contributed by atoms with E-state index in [0.29, 0.717) is 19.8 Å². The number of benzene rings is 1. The molecule has 0 aliphatic rings. The summed E-state index contributed by atoms with van der Waals surface area (Å²) in [6.07, 6.45) is 3.24. The molecule has 0 amide bonds. The summed E-state index contributed by atoms with van der Waals surface area (Å²) < 4.78 is 10.9. The van der Waals surface area contributed by atoms with Gasteiger partial charge in [0.2, 0.25) is 0 Å². The maximum Gasteiger partial charge on any atom is 0.191 e. The lowest BCUT2D eigenvalue weighted by molar-refractivity contribution is 0.145. The van der Waals surface area contributed by atoms with Crippen LogP contribution in [-0.4, -0.2) is 44.4 Å². The van der Waals surface area contributed by atoms with E-state index in [4.69, 9.17) is 14.5 Å². The number of guanidine groups is 1. The van der Waals surface area contributed by atoms with Crippen molar-refractivity contribution in [2.75, 3.05) is 33.4 Å². The van der Waals surface area contributed by atoms with Crippen molar-refractivity contribution >= 4 is 17.3 Å². The minimum absolute atomic E-state index is 0.535. The molecule has 0 saturated heterocycles. The monoisotopic (exact) mass is 418 g/mol. The van der Waals surface area contributed by atoms with Gasteiger partial charge in [-0.3, -0.25) is 0 Å². The normalized spacial score (nSPS) is 11.5. The van der Waals surface area contributed by atoms with Crippen LogP contribution >= 0.6 is 11.3 Å². The number of hydrogen-bond acceptors (Lipinski definition) is 5. The Kier molecular flexibility index (Phi) is 10.5. The van der Waals surface area contributed by atoms with E-state index in [2.05, 4.69) is 53.0 Å². The number of unbranched alkanes of at least 4 members (excludes halogenated alkanes) is 1. The number of methoxy groups -OCH3 is 1. The molecule has 6 nitrogen and oxygen atoms in total. The molecule has 0 bridgehead atoms. The highest BCUT2D eigenvalue weighted by molar-refractivity contribution is 7.09. The Balaban J connectivity index is 1.84. The van der Waals surface area contributed by atoms with Crippen molar-refractivity contribution in [3.8, 4) is 5.75 Å². The molecule has 1 heterocycles. The summed E-state index contributed by atoms with van der Waals surface area (Å²) in [5.74, 6) is 1.71. The van der Waals surface area contributed by atoms with Crippen LogP contribution in [0, 0.1) is 13.8 Å². The first-order chi connectivity index (χ1) is 14.1. The third-order valence-corrected chi connectivity index (χ3v) is 5.32. The largest absolute Gasteiger partial charge is 0.491 e. The standard InChI is InChI=1S/C22H34N4O2S/c1-5-23-22(24-11-7-6-8-21-26-18(3)16-29-21)25-15-19-10-9-17(2)14-20(19)28-13-12-27-4/h9-10,14,16H,5-8,11-13,15H2,1-4H3,(H2,23,24,25). The Morgan fingerprint density at radius 2 is 2.03 bits per heavy atom. The summed E-state index contributed by atoms with van der Waals surface area (Å²) in [6, 6.07) is 6.23. The van der Waals surface area contributed by atoms with Crippen LogP contribution in [0.15, 0.2) is 28.6 Å². The lowest BCUT2D eigenvalue weighted by Gasteiger charge is -2.13. The Bertz CT molecular complexity index is 761. The molecule has 0 aliphatic heterocycles. The van der Waals surface area contributed by atoms with Crippen molar-refractivity contribution in [3.05, 3.63) is 45.4 Å². The number of hydrogen-bond donors (Lipinski definition) is 2. The fourth-order valence-electron chi connectivity index (χ4n) is 2.79. The number of nitrogens with one attached hydrogen (secondary N) is 2. The Morgan fingerprint density at radius 1 is 1.17 bits per heavy atom. The van der Waals surface area contributed by atoms with Crippen molar-refractivity contribution in [2.24, 2.45) is 4.99 Å². The maximum atomic E-state index is 5.87. The van der Waals surface area contributed by atoms with E-state index < -0.39 is 0 Å². The number of aromatic nitrogens is 1. The Labute approximate surface area is 178 Å². The zero-order valence-electron chi connectivity index (χ0n) is 18.1. The first-order valence-electron chi connectivity index (χ1n) is 10.3. The smallest absolute Gasteiger partial charge is 0.191 e. The van der Waals surface area contributed by atoms with Gasteiger partial charge in [0.1, 0.15) is 12.4 Å². The molecule has 0 atom stereocenters. The quantitative estimate of drug-likeness (QED) is 0.311. The van der Waals surface area contributed by atoms with E-state index in [1.807, 2.05) is 6.92 Å². The molecule has 0 saturated carbocycles. The molecule has 0 unspecified atom stereocenters. The topological polar surface area (TPSA) is 67.8 Å². The zero-order valence-corrected chi connectivity index (χ0v) is 18.9. The highest BCUT2D eigenvalue weighted by Gasteiger charge is 2.05. The second-order valence-electron chi connectivity index (χ2n) is 6.91. The molecule has 0 radical (unpaired) electrons. The van der Waals surface area contributed by atoms with E-state index in [9.17, 15) is 0 Å². The molecular weight excluding hydrogens is 384 g/mol. The summed E-state index contributed by atoms with van der Waals surface area (Å²) in [6.45, 7) is 9.58. The number of rotatable bonds is 12. The van der Waals surface area contributed by atoms with Crippen molar-refractivity contribution in [1.29, 1.82) is 0 Å². The molecule has 7 heteroatoms. The van der Waals surface area contributed by atoms with Crippen molar-refractivity contribution in [2.45, 2.75) is 46.6 Å². The summed E-state index contributed by atoms with van der Waals surface area (Å²) in [5.41, 5.74) is 3.36. The van der Waals surface area contributed by atoms with E-state index >= 15 is 0 Å². The van der Waals surface area contributed by atoms with Crippen molar-refractivity contribution < 1.29 is 9.47 Å². The summed E-state index contributed by atoms with van der Waals surface area (Å²) in [5, 5.41) is 10.1. The SMILES string of the molecule is CCNC(=NCc1ccc(C)cc1OCCOC)NCCCCc1nc(C)cs1. The number of thiazole rings is 1. The van der Waals surface area contributed by atoms with Gasteiger partial charge in [-0.25, -0.2) is 9.98 Å². The first-order valence-corrected chi connectivity index (χ1v) is 11.1. The molecule has 0 spiro atoms. The predicted octanol–water partition coefficient (Wildman–Crippen LogP) is 3.86. The minimum Gasteiger partial charge on any atom is -0.491 e. The molecule has 0 fully saturated rings. The van der Waals surface area contributed by atoms with Gasteiger partial charge >= 0.3 is 0 Å². The maximum absolute atomic E-state index is 5.87. The third-order valence-electron chi connectivity index (χ3n) is 4.30. The van der Waals surface area contributed by atoms with Gasteiger partial charge in [-0.15, -0.1) is 11.3 Å². The van der Waals surface area contributed by atoms with Gasteiger partial charge in [-0.05, 0) is 51.7 Å². The number of nitrogens with zero attached hydrogens (tertiary/aromatic N) is 2. The van der Waals surface area contributed by atoms with Crippen LogP contribution in [0.5, 0.6) is 5.75 Å². The molecule has 0 aliphatic carbocycles. The van der Waals surface area contributed by atoms with Crippen LogP contribution in [0.3, 0.4) is 0 Å². The Morgan fingerprint density at radius 3 is 2.76 bits per heavy atom. The molecule has 1 aromatic heterocycles. The lowest BCUT2D eigenvalue weighted by atomic mass is 10.1. The average molecular weight is 419 g/mol. The Hall–Kier alpha value is -2.12. The fraction of sp³-hybridized carbons (Fsp3) is 0.545. The minimum atomic E-state index is 0.535. The van der Waals surface area contributed by atoms with E-state index in [0.717, 1.165) is 55.3 Å². The molecule has 1 aromatic carbocycles. The molecule has 2 rings (SSSR count). The van der Waals surface area contributed by atoms with Gasteiger partial charge in [0.25, 0.3) is 0 Å². The van der Waals surface area contributed by atoms with Crippen LogP contribution in [0.1, 0.15) is 41.6 Å². The van der Waals surface area contributed by atoms with Gasteiger partial charge in [0.15, 0.2) is 5.96 Å². The molecule has 29 heavy (non-hydrogen) atoms. The van der Waals surface area contributed by atoms with Crippen molar-refractivity contribution in [1.82, 2.24) is 15.6 Å². The third kappa shape index (κ3) is 8.83. The second kappa shape index (κ2) is 13.2. The summed E-state index contributed by atoms with van der Waals surface area (Å²) in [7, 11) is 1.68. The van der Waals surface area contributed by atoms with Gasteiger partial charge in [-0.1, -0.05) is 12.1 Å². The molecule has 160 valence electrons. The molecule has 2 N–H and O–H groups in total. The second-order valence-corrected chi connectivity index (χ2v) is 7.86. The molecular formula is C22H34N4O2S. The van der Waals surface area contributed by atoms with E-state index in [1.54, 1.807) is 18.4 Å². The first kappa shape index (κ1) is 23.2. The summed E-state index contributed by atoms with van der Waals surface area (Å²) >= 11 is 1.75. The van der Waals surface area contributed by atoms with Gasteiger partial charge in [-0.2, -0.15) is 0 Å². The number of aliphatic imine (C=N–C) groups is 1. The van der Waals surface area contributed by atoms with E-state index in [1.165, 1.54) is 10.6 Å². The van der Waals surface area contributed by atoms with Gasteiger partial charge in [0.05, 0.1) is 18.2 Å². The fourth-order valence-corrected chi connectivity index (χ4v) is 3.61. The lowest BCUT2D eigenvalue weighted by Crippen LogP contribution is -2.37. The zero-order chi connectivity index (χ0) is 20.9. The number of ether oxygens (including phenoxy) is 2. The predicted molar refractivity (Wildman–Crippen MR) is 121 cm³/mol. The van der Waals surface area contributed by atoms with Crippen LogP contribution in [0.25, 0.3) is 0 Å². The average Bonchev–Trinajstić information content (AvgIpc) is 3.12. The number of aryl methyl sites for hydroxylation is 3. The molecule has 2 aromatic rings. The highest BCUT2D eigenvalue weighted by Crippen LogP contribution is 2.21. The van der Waals surface area contributed by atoms with Gasteiger partial charge in [0, 0.05) is 36.8 Å². The van der Waals surface area contributed by atoms with Crippen LogP contribution in [-0.2, 0) is 17.7 Å². The van der Waals surface area contributed by atoms with Crippen LogP contribution < -0.4 is 15.4 Å². The highest BCUT2D eigenvalue weighted by atomic mass is 32.1. The summed E-state index contributed by atoms with van der Waals surface area (Å²) in [4.78, 5) is 9.25.